The molecule has 0 spiro atoms. The maximum atomic E-state index is 12.0. The molecule has 1 aliphatic rings. The molecule has 2 rings (SSSR count). The van der Waals surface area contributed by atoms with Crippen LogP contribution in [0.5, 0.6) is 5.75 Å². The lowest BCUT2D eigenvalue weighted by Crippen LogP contribution is -2.42. The topological polar surface area (TPSA) is 84.9 Å². The van der Waals surface area contributed by atoms with E-state index in [-0.39, 0.29) is 25.0 Å². The third-order valence-electron chi connectivity index (χ3n) is 4.42. The highest BCUT2D eigenvalue weighted by atomic mass is 16.5. The van der Waals surface area contributed by atoms with E-state index in [1.54, 1.807) is 13.2 Å². The molecule has 1 unspecified atom stereocenters. The molecule has 0 aromatic heterocycles. The number of methoxy groups -OCH3 is 1. The second kappa shape index (κ2) is 9.15. The molecule has 0 saturated heterocycles. The average Bonchev–Trinajstić information content (AvgIpc) is 2.60. The lowest BCUT2D eigenvalue weighted by atomic mass is 9.83. The van der Waals surface area contributed by atoms with Gasteiger partial charge in [-0.3, -0.25) is 4.79 Å². The van der Waals surface area contributed by atoms with Gasteiger partial charge >= 0.3 is 12.1 Å². The Bertz CT molecular complexity index is 554. The number of amides is 1. The van der Waals surface area contributed by atoms with E-state index >= 15 is 0 Å². The number of alkyl carbamates (subject to hydrolysis) is 1. The van der Waals surface area contributed by atoms with E-state index in [0.29, 0.717) is 5.75 Å². The molecule has 1 atom stereocenters. The Morgan fingerprint density at radius 3 is 2.71 bits per heavy atom. The molecule has 132 valence electrons. The second-order valence-electron chi connectivity index (χ2n) is 6.17. The Kier molecular flexibility index (Phi) is 6.90. The number of ether oxygens (including phenoxy) is 2. The first kappa shape index (κ1) is 18.1. The zero-order valence-corrected chi connectivity index (χ0v) is 14.0. The van der Waals surface area contributed by atoms with Gasteiger partial charge in [0, 0.05) is 6.04 Å². The summed E-state index contributed by atoms with van der Waals surface area (Å²) in [6.45, 7) is 0.119. The Labute approximate surface area is 142 Å². The van der Waals surface area contributed by atoms with Crippen LogP contribution in [0.2, 0.25) is 0 Å². The smallest absolute Gasteiger partial charge is 0.407 e. The number of rotatable bonds is 7. The van der Waals surface area contributed by atoms with Crippen molar-refractivity contribution < 1.29 is 24.2 Å². The van der Waals surface area contributed by atoms with Gasteiger partial charge in [-0.05, 0) is 36.5 Å². The molecular weight excluding hydrogens is 310 g/mol. The fourth-order valence-corrected chi connectivity index (χ4v) is 3.16. The summed E-state index contributed by atoms with van der Waals surface area (Å²) in [4.78, 5) is 23.1. The summed E-state index contributed by atoms with van der Waals surface area (Å²) in [5, 5.41) is 11.8. The van der Waals surface area contributed by atoms with Gasteiger partial charge in [0.2, 0.25) is 0 Å². The summed E-state index contributed by atoms with van der Waals surface area (Å²) < 4.78 is 10.4. The first-order valence-electron chi connectivity index (χ1n) is 8.36. The molecule has 24 heavy (non-hydrogen) atoms. The lowest BCUT2D eigenvalue weighted by Gasteiger charge is -2.29. The normalized spacial score (nSPS) is 16.2. The number of benzene rings is 1. The van der Waals surface area contributed by atoms with E-state index in [4.69, 9.17) is 14.6 Å². The van der Waals surface area contributed by atoms with E-state index in [9.17, 15) is 9.59 Å². The van der Waals surface area contributed by atoms with Crippen LogP contribution in [-0.4, -0.2) is 30.3 Å². The first-order valence-corrected chi connectivity index (χ1v) is 8.36. The largest absolute Gasteiger partial charge is 0.497 e. The quantitative estimate of drug-likeness (QED) is 0.798. The molecular formula is C18H25NO5. The van der Waals surface area contributed by atoms with Gasteiger partial charge in [-0.2, -0.15) is 0 Å². The third kappa shape index (κ3) is 5.76. The van der Waals surface area contributed by atoms with Crippen LogP contribution in [0.25, 0.3) is 0 Å². The van der Waals surface area contributed by atoms with Crippen LogP contribution in [-0.2, 0) is 16.1 Å². The Balaban J connectivity index is 1.87. The van der Waals surface area contributed by atoms with Gasteiger partial charge in [0.1, 0.15) is 12.4 Å². The van der Waals surface area contributed by atoms with Crippen LogP contribution >= 0.6 is 0 Å². The SMILES string of the molecule is COc1cccc(COC(=O)NC(CC(=O)O)C2CCCCC2)c1. The highest BCUT2D eigenvalue weighted by Gasteiger charge is 2.27. The van der Waals surface area contributed by atoms with Crippen LogP contribution in [0.1, 0.15) is 44.1 Å². The molecule has 6 heteroatoms. The van der Waals surface area contributed by atoms with Crippen molar-refractivity contribution in [1.29, 1.82) is 0 Å². The summed E-state index contributed by atoms with van der Waals surface area (Å²) >= 11 is 0. The van der Waals surface area contributed by atoms with Crippen LogP contribution in [0, 0.1) is 5.92 Å². The number of hydrogen-bond acceptors (Lipinski definition) is 4. The summed E-state index contributed by atoms with van der Waals surface area (Å²) in [6.07, 6.45) is 4.61. The Hall–Kier alpha value is -2.24. The third-order valence-corrected chi connectivity index (χ3v) is 4.42. The van der Waals surface area contributed by atoms with Gasteiger partial charge in [-0.25, -0.2) is 4.79 Å². The Morgan fingerprint density at radius 2 is 2.04 bits per heavy atom. The van der Waals surface area contributed by atoms with Crippen molar-refractivity contribution in [3.63, 3.8) is 0 Å². The van der Waals surface area contributed by atoms with Crippen molar-refractivity contribution in [1.82, 2.24) is 5.32 Å². The van der Waals surface area contributed by atoms with Gasteiger partial charge in [0.25, 0.3) is 0 Å². The number of hydrogen-bond donors (Lipinski definition) is 2. The van der Waals surface area contributed by atoms with Crippen molar-refractivity contribution in [2.75, 3.05) is 7.11 Å². The lowest BCUT2D eigenvalue weighted by molar-refractivity contribution is -0.137. The number of carboxylic acids is 1. The minimum atomic E-state index is -0.904. The van der Waals surface area contributed by atoms with Crippen molar-refractivity contribution in [3.05, 3.63) is 29.8 Å². The molecule has 1 aromatic carbocycles. The number of carbonyl (C=O) groups is 2. The standard InChI is InChI=1S/C18H25NO5/c1-23-15-9-5-6-13(10-15)12-24-18(22)19-16(11-17(20)21)14-7-3-2-4-8-14/h5-6,9-10,14,16H,2-4,7-8,11-12H2,1H3,(H,19,22)(H,20,21). The first-order chi connectivity index (χ1) is 11.6. The summed E-state index contributed by atoms with van der Waals surface area (Å²) in [6, 6.07) is 6.90. The van der Waals surface area contributed by atoms with Crippen LogP contribution in [0.4, 0.5) is 4.79 Å². The number of aliphatic carboxylic acids is 1. The maximum Gasteiger partial charge on any atom is 0.407 e. The molecule has 0 aliphatic heterocycles. The fraction of sp³-hybridized carbons (Fsp3) is 0.556. The zero-order valence-electron chi connectivity index (χ0n) is 14.0. The number of carboxylic acid groups (broad SMARTS) is 1. The van der Waals surface area contributed by atoms with Gasteiger partial charge in [0.15, 0.2) is 0 Å². The minimum Gasteiger partial charge on any atom is -0.497 e. The van der Waals surface area contributed by atoms with Crippen LogP contribution < -0.4 is 10.1 Å². The Morgan fingerprint density at radius 1 is 1.29 bits per heavy atom. The molecule has 0 heterocycles. The van der Waals surface area contributed by atoms with E-state index < -0.39 is 12.1 Å². The minimum absolute atomic E-state index is 0.0705. The molecule has 0 radical (unpaired) electrons. The molecule has 6 nitrogen and oxygen atoms in total. The van der Waals surface area contributed by atoms with E-state index in [1.165, 1.54) is 6.42 Å². The molecule has 1 amide bonds. The van der Waals surface area contributed by atoms with Gasteiger partial charge < -0.3 is 19.9 Å². The highest BCUT2D eigenvalue weighted by molar-refractivity contribution is 5.71. The van der Waals surface area contributed by atoms with Crippen molar-refractivity contribution in [3.8, 4) is 5.75 Å². The molecule has 1 fully saturated rings. The van der Waals surface area contributed by atoms with Gasteiger partial charge in [0.05, 0.1) is 13.5 Å². The van der Waals surface area contributed by atoms with E-state index in [0.717, 1.165) is 31.2 Å². The van der Waals surface area contributed by atoms with Crippen molar-refractivity contribution in [2.45, 2.75) is 51.2 Å². The monoisotopic (exact) mass is 335 g/mol. The zero-order chi connectivity index (χ0) is 17.4. The number of nitrogens with one attached hydrogen (secondary N) is 1. The van der Waals surface area contributed by atoms with Crippen LogP contribution in [0.15, 0.2) is 24.3 Å². The summed E-state index contributed by atoms with van der Waals surface area (Å²) in [5.41, 5.74) is 0.817. The maximum absolute atomic E-state index is 12.0. The average molecular weight is 335 g/mol. The van der Waals surface area contributed by atoms with Gasteiger partial charge in [-0.15, -0.1) is 0 Å². The predicted molar refractivity (Wildman–Crippen MR) is 88.9 cm³/mol. The molecule has 1 saturated carbocycles. The number of carbonyl (C=O) groups excluding carboxylic acids is 1. The van der Waals surface area contributed by atoms with Crippen LogP contribution in [0.3, 0.4) is 0 Å². The molecule has 2 N–H and O–H groups in total. The molecule has 1 aromatic rings. The van der Waals surface area contributed by atoms with E-state index in [1.807, 2.05) is 18.2 Å². The van der Waals surface area contributed by atoms with Gasteiger partial charge in [-0.1, -0.05) is 31.4 Å². The van der Waals surface area contributed by atoms with Crippen molar-refractivity contribution >= 4 is 12.1 Å². The fourth-order valence-electron chi connectivity index (χ4n) is 3.16. The summed E-state index contributed by atoms with van der Waals surface area (Å²) in [7, 11) is 1.58. The predicted octanol–water partition coefficient (Wildman–Crippen LogP) is 3.35. The molecule has 1 aliphatic carbocycles. The molecule has 0 bridgehead atoms. The van der Waals surface area contributed by atoms with E-state index in [2.05, 4.69) is 5.32 Å². The highest BCUT2D eigenvalue weighted by Crippen LogP contribution is 2.28. The summed E-state index contributed by atoms with van der Waals surface area (Å²) in [5.74, 6) is 0.000330. The van der Waals surface area contributed by atoms with Crippen molar-refractivity contribution in [2.24, 2.45) is 5.92 Å². The second-order valence-corrected chi connectivity index (χ2v) is 6.17.